The van der Waals surface area contributed by atoms with E-state index in [-0.39, 0.29) is 0 Å². The minimum Gasteiger partial charge on any atom is -0.493 e. The second-order valence-corrected chi connectivity index (χ2v) is 4.56. The number of carbonyl (C=O) groups is 1. The molecule has 2 rings (SSSR count). The average Bonchev–Trinajstić information content (AvgIpc) is 2.55. The summed E-state index contributed by atoms with van der Waals surface area (Å²) in [7, 11) is 1.54. The summed E-state index contributed by atoms with van der Waals surface area (Å²) in [6.45, 7) is 4.43. The van der Waals surface area contributed by atoms with Crippen LogP contribution in [0.25, 0.3) is 0 Å². The van der Waals surface area contributed by atoms with E-state index >= 15 is 0 Å². The monoisotopic (exact) mass is 289 g/mol. The molecule has 1 aliphatic heterocycles. The summed E-state index contributed by atoms with van der Waals surface area (Å²) in [4.78, 5) is 12.9. The normalized spacial score (nSPS) is 14.9. The van der Waals surface area contributed by atoms with Gasteiger partial charge in [-0.1, -0.05) is 11.8 Å². The van der Waals surface area contributed by atoms with Gasteiger partial charge in [0.15, 0.2) is 11.5 Å². The third-order valence-corrected chi connectivity index (χ3v) is 3.15. The maximum Gasteiger partial charge on any atom is 0.162 e. The van der Waals surface area contributed by atoms with E-state index in [1.54, 1.807) is 25.3 Å². The molecule has 0 bridgehead atoms. The quantitative estimate of drug-likeness (QED) is 0.602. The van der Waals surface area contributed by atoms with Crippen molar-refractivity contribution in [2.75, 3.05) is 46.6 Å². The first-order chi connectivity index (χ1) is 10.3. The molecule has 1 aliphatic rings. The number of aldehydes is 1. The molecule has 1 aromatic rings. The molecule has 1 fully saturated rings. The van der Waals surface area contributed by atoms with Crippen molar-refractivity contribution in [2.24, 2.45) is 0 Å². The molecule has 0 atom stereocenters. The number of ether oxygens (including phenoxy) is 3. The Hall–Kier alpha value is -2.03. The lowest BCUT2D eigenvalue weighted by Crippen LogP contribution is -2.36. The maximum atomic E-state index is 10.7. The van der Waals surface area contributed by atoms with Crippen molar-refractivity contribution in [3.63, 3.8) is 0 Å². The number of hydrogen-bond donors (Lipinski definition) is 0. The minimum absolute atomic E-state index is 0.293. The molecule has 0 saturated carbocycles. The summed E-state index contributed by atoms with van der Waals surface area (Å²) in [5, 5.41) is 0. The van der Waals surface area contributed by atoms with Crippen LogP contribution < -0.4 is 9.47 Å². The van der Waals surface area contributed by atoms with Crippen LogP contribution in [0, 0.1) is 11.8 Å². The van der Waals surface area contributed by atoms with Crippen LogP contribution in [0.15, 0.2) is 18.2 Å². The maximum absolute atomic E-state index is 10.7. The molecule has 21 heavy (non-hydrogen) atoms. The fraction of sp³-hybridized carbons (Fsp3) is 0.438. The number of hydrogen-bond acceptors (Lipinski definition) is 5. The fourth-order valence-electron chi connectivity index (χ4n) is 1.97. The van der Waals surface area contributed by atoms with Crippen molar-refractivity contribution in [3.05, 3.63) is 23.8 Å². The van der Waals surface area contributed by atoms with Gasteiger partial charge in [0.2, 0.25) is 0 Å². The van der Waals surface area contributed by atoms with Gasteiger partial charge in [-0.2, -0.15) is 0 Å². The van der Waals surface area contributed by atoms with Crippen molar-refractivity contribution >= 4 is 6.29 Å². The highest BCUT2D eigenvalue weighted by Gasteiger charge is 2.08. The van der Waals surface area contributed by atoms with Crippen LogP contribution >= 0.6 is 0 Å². The van der Waals surface area contributed by atoms with E-state index in [9.17, 15) is 4.79 Å². The molecule has 0 aromatic heterocycles. The zero-order valence-electron chi connectivity index (χ0n) is 12.1. The molecule has 112 valence electrons. The number of carbonyl (C=O) groups excluding carboxylic acids is 1. The predicted molar refractivity (Wildman–Crippen MR) is 78.9 cm³/mol. The number of nitrogens with zero attached hydrogens (tertiary/aromatic N) is 1. The van der Waals surface area contributed by atoms with Gasteiger partial charge < -0.3 is 14.2 Å². The average molecular weight is 289 g/mol. The highest BCUT2D eigenvalue weighted by Crippen LogP contribution is 2.27. The molecule has 1 aromatic carbocycles. The van der Waals surface area contributed by atoms with Crippen LogP contribution in [0.4, 0.5) is 0 Å². The summed E-state index contributed by atoms with van der Waals surface area (Å²) >= 11 is 0. The highest BCUT2D eigenvalue weighted by molar-refractivity contribution is 5.76. The lowest BCUT2D eigenvalue weighted by atomic mass is 10.2. The van der Waals surface area contributed by atoms with Gasteiger partial charge >= 0.3 is 0 Å². The second kappa shape index (κ2) is 8.30. The van der Waals surface area contributed by atoms with Crippen LogP contribution in [0.1, 0.15) is 10.4 Å². The SMILES string of the molecule is COc1cc(C=O)ccc1OCC#CCN1CCOCC1. The van der Waals surface area contributed by atoms with Gasteiger partial charge in [-0.3, -0.25) is 9.69 Å². The zero-order valence-corrected chi connectivity index (χ0v) is 12.1. The van der Waals surface area contributed by atoms with Crippen molar-refractivity contribution in [2.45, 2.75) is 0 Å². The standard InChI is InChI=1S/C16H19NO4/c1-19-16-12-14(13-18)4-5-15(16)21-9-3-2-6-17-7-10-20-11-8-17/h4-5,12-13H,6-11H2,1H3. The van der Waals surface area contributed by atoms with E-state index in [2.05, 4.69) is 16.7 Å². The van der Waals surface area contributed by atoms with E-state index < -0.39 is 0 Å². The van der Waals surface area contributed by atoms with Crippen molar-refractivity contribution < 1.29 is 19.0 Å². The zero-order chi connectivity index (χ0) is 14.9. The van der Waals surface area contributed by atoms with Crippen LogP contribution in [0.5, 0.6) is 11.5 Å². The molecule has 0 radical (unpaired) electrons. The van der Waals surface area contributed by atoms with Gasteiger partial charge in [-0.25, -0.2) is 0 Å². The molecular formula is C16H19NO4. The van der Waals surface area contributed by atoms with Gasteiger partial charge in [-0.05, 0) is 18.2 Å². The first-order valence-electron chi connectivity index (χ1n) is 6.85. The largest absolute Gasteiger partial charge is 0.493 e. The van der Waals surface area contributed by atoms with Gasteiger partial charge in [0, 0.05) is 18.7 Å². The predicted octanol–water partition coefficient (Wildman–Crippen LogP) is 1.22. The van der Waals surface area contributed by atoms with E-state index in [0.29, 0.717) is 23.7 Å². The van der Waals surface area contributed by atoms with Crippen LogP contribution in [0.2, 0.25) is 0 Å². The third-order valence-electron chi connectivity index (χ3n) is 3.15. The molecule has 0 amide bonds. The lowest BCUT2D eigenvalue weighted by molar-refractivity contribution is 0.0443. The molecule has 0 N–H and O–H groups in total. The van der Waals surface area contributed by atoms with E-state index in [0.717, 1.165) is 39.1 Å². The van der Waals surface area contributed by atoms with Crippen LogP contribution in [-0.2, 0) is 4.74 Å². The molecule has 1 saturated heterocycles. The van der Waals surface area contributed by atoms with E-state index in [1.165, 1.54) is 0 Å². The molecule has 1 heterocycles. The first kappa shape index (κ1) is 15.4. The summed E-state index contributed by atoms with van der Waals surface area (Å²) in [5.41, 5.74) is 0.553. The molecule has 0 aliphatic carbocycles. The second-order valence-electron chi connectivity index (χ2n) is 4.56. The Kier molecular flexibility index (Phi) is 6.07. The smallest absolute Gasteiger partial charge is 0.162 e. The Labute approximate surface area is 124 Å². The molecule has 5 heteroatoms. The number of rotatable bonds is 5. The Bertz CT molecular complexity index is 527. The van der Waals surface area contributed by atoms with Gasteiger partial charge in [0.25, 0.3) is 0 Å². The number of methoxy groups -OCH3 is 1. The van der Waals surface area contributed by atoms with E-state index in [1.807, 2.05) is 0 Å². The van der Waals surface area contributed by atoms with Crippen molar-refractivity contribution in [3.8, 4) is 23.3 Å². The van der Waals surface area contributed by atoms with Crippen molar-refractivity contribution in [1.29, 1.82) is 0 Å². The summed E-state index contributed by atoms with van der Waals surface area (Å²) in [6.07, 6.45) is 0.772. The first-order valence-corrected chi connectivity index (χ1v) is 6.85. The molecular weight excluding hydrogens is 270 g/mol. The molecule has 0 spiro atoms. The Morgan fingerprint density at radius 2 is 2.10 bits per heavy atom. The third kappa shape index (κ3) is 4.78. The van der Waals surface area contributed by atoms with Gasteiger partial charge in [0.05, 0.1) is 26.9 Å². The highest BCUT2D eigenvalue weighted by atomic mass is 16.5. The number of benzene rings is 1. The summed E-state index contributed by atoms with van der Waals surface area (Å²) in [5.74, 6) is 7.19. The Balaban J connectivity index is 1.81. The fourth-order valence-corrected chi connectivity index (χ4v) is 1.97. The summed E-state index contributed by atoms with van der Waals surface area (Å²) in [6, 6.07) is 5.04. The molecule has 0 unspecified atom stereocenters. The van der Waals surface area contributed by atoms with Gasteiger partial charge in [0.1, 0.15) is 12.9 Å². The van der Waals surface area contributed by atoms with E-state index in [4.69, 9.17) is 14.2 Å². The van der Waals surface area contributed by atoms with Crippen molar-refractivity contribution in [1.82, 2.24) is 4.90 Å². The minimum atomic E-state index is 0.293. The van der Waals surface area contributed by atoms with Gasteiger partial charge in [-0.15, -0.1) is 0 Å². The lowest BCUT2D eigenvalue weighted by Gasteiger charge is -2.24. The Morgan fingerprint density at radius 3 is 2.81 bits per heavy atom. The summed E-state index contributed by atoms with van der Waals surface area (Å²) < 4.78 is 16.0. The van der Waals surface area contributed by atoms with Crippen LogP contribution in [-0.4, -0.2) is 57.8 Å². The topological polar surface area (TPSA) is 48.0 Å². The van der Waals surface area contributed by atoms with Crippen LogP contribution in [0.3, 0.4) is 0 Å². The Morgan fingerprint density at radius 1 is 1.29 bits per heavy atom. The molecule has 5 nitrogen and oxygen atoms in total. The number of morpholine rings is 1.